The Morgan fingerprint density at radius 3 is 2.45 bits per heavy atom. The highest BCUT2D eigenvalue weighted by molar-refractivity contribution is 5.61. The summed E-state index contributed by atoms with van der Waals surface area (Å²) < 4.78 is 12.7. The zero-order valence-electron chi connectivity index (χ0n) is 6.82. The second-order valence-corrected chi connectivity index (χ2v) is 2.80. The van der Waals surface area contributed by atoms with Gasteiger partial charge in [0.1, 0.15) is 5.82 Å². The summed E-state index contributed by atoms with van der Waals surface area (Å²) >= 11 is 0. The molecule has 1 rings (SSSR count). The van der Waals surface area contributed by atoms with E-state index in [2.05, 4.69) is 6.58 Å². The van der Waals surface area contributed by atoms with Gasteiger partial charge in [-0.1, -0.05) is 18.2 Å². The molecule has 0 aliphatic rings. The molecule has 1 heteroatoms. The summed E-state index contributed by atoms with van der Waals surface area (Å²) in [6.07, 6.45) is 0. The van der Waals surface area contributed by atoms with E-state index < -0.39 is 0 Å². The van der Waals surface area contributed by atoms with Crippen LogP contribution in [-0.2, 0) is 0 Å². The quantitative estimate of drug-likeness (QED) is 0.576. The van der Waals surface area contributed by atoms with Crippen molar-refractivity contribution in [3.63, 3.8) is 0 Å². The van der Waals surface area contributed by atoms with Gasteiger partial charge < -0.3 is 0 Å². The van der Waals surface area contributed by atoms with Crippen LogP contribution < -0.4 is 0 Å². The maximum Gasteiger partial charge on any atom is 0.124 e. The first-order valence-electron chi connectivity index (χ1n) is 3.52. The molecule has 0 aliphatic heterocycles. The third kappa shape index (κ3) is 1.90. The van der Waals surface area contributed by atoms with Crippen LogP contribution in [0.15, 0.2) is 24.8 Å². The lowest BCUT2D eigenvalue weighted by Crippen LogP contribution is -1.83. The molecular formula is C10H11F. The number of benzene rings is 1. The fourth-order valence-corrected chi connectivity index (χ4v) is 0.983. The molecule has 0 radical (unpaired) electrons. The van der Waals surface area contributed by atoms with Crippen LogP contribution in [0.2, 0.25) is 0 Å². The molecule has 0 N–H and O–H groups in total. The van der Waals surface area contributed by atoms with Crippen LogP contribution in [0.5, 0.6) is 0 Å². The Morgan fingerprint density at radius 1 is 1.36 bits per heavy atom. The van der Waals surface area contributed by atoms with E-state index in [0.717, 1.165) is 16.7 Å². The molecule has 0 unspecified atom stereocenters. The number of hydrogen-bond acceptors (Lipinski definition) is 0. The van der Waals surface area contributed by atoms with Crippen molar-refractivity contribution in [1.82, 2.24) is 0 Å². The minimum absolute atomic E-state index is 0.192. The van der Waals surface area contributed by atoms with Gasteiger partial charge in [-0.2, -0.15) is 0 Å². The van der Waals surface area contributed by atoms with Crippen molar-refractivity contribution < 1.29 is 4.39 Å². The van der Waals surface area contributed by atoms with Crippen LogP contribution in [0, 0.1) is 12.7 Å². The molecule has 0 saturated carbocycles. The third-order valence-electron chi connectivity index (χ3n) is 1.53. The lowest BCUT2D eigenvalue weighted by atomic mass is 10.1. The van der Waals surface area contributed by atoms with E-state index in [4.69, 9.17) is 0 Å². The van der Waals surface area contributed by atoms with Gasteiger partial charge in [0.05, 0.1) is 0 Å². The first-order valence-corrected chi connectivity index (χ1v) is 3.52. The molecule has 0 heterocycles. The van der Waals surface area contributed by atoms with E-state index in [1.165, 1.54) is 12.1 Å². The van der Waals surface area contributed by atoms with Crippen molar-refractivity contribution in [2.24, 2.45) is 0 Å². The first-order chi connectivity index (χ1) is 5.09. The van der Waals surface area contributed by atoms with Gasteiger partial charge in [-0.3, -0.25) is 0 Å². The van der Waals surface area contributed by atoms with Crippen LogP contribution in [0.3, 0.4) is 0 Å². The molecule has 0 saturated heterocycles. The van der Waals surface area contributed by atoms with Crippen LogP contribution in [0.1, 0.15) is 18.1 Å². The van der Waals surface area contributed by atoms with Gasteiger partial charge >= 0.3 is 0 Å². The molecule has 0 fully saturated rings. The SMILES string of the molecule is C=C(C)c1cc(C)cc(F)c1. The summed E-state index contributed by atoms with van der Waals surface area (Å²) in [4.78, 5) is 0. The molecule has 11 heavy (non-hydrogen) atoms. The molecule has 0 bridgehead atoms. The standard InChI is InChI=1S/C10H11F/c1-7(2)9-4-8(3)5-10(11)6-9/h4-6H,1H2,2-3H3. The molecule has 58 valence electrons. The van der Waals surface area contributed by atoms with E-state index in [1.54, 1.807) is 0 Å². The van der Waals surface area contributed by atoms with Gasteiger partial charge in [0.2, 0.25) is 0 Å². The summed E-state index contributed by atoms with van der Waals surface area (Å²) in [6, 6.07) is 4.92. The lowest BCUT2D eigenvalue weighted by Gasteiger charge is -2.00. The molecule has 0 aromatic heterocycles. The molecule has 1 aromatic rings. The summed E-state index contributed by atoms with van der Waals surface area (Å²) in [7, 11) is 0. The van der Waals surface area contributed by atoms with E-state index >= 15 is 0 Å². The van der Waals surface area contributed by atoms with Gasteiger partial charge in [0, 0.05) is 0 Å². The Morgan fingerprint density at radius 2 is 2.00 bits per heavy atom. The normalized spacial score (nSPS) is 9.73. The Bertz CT molecular complexity index is 267. The number of rotatable bonds is 1. The Labute approximate surface area is 66.4 Å². The van der Waals surface area contributed by atoms with Gasteiger partial charge in [-0.25, -0.2) is 4.39 Å². The maximum absolute atomic E-state index is 12.7. The van der Waals surface area contributed by atoms with Crippen LogP contribution in [0.25, 0.3) is 5.57 Å². The van der Waals surface area contributed by atoms with E-state index in [0.29, 0.717) is 0 Å². The van der Waals surface area contributed by atoms with Gasteiger partial charge in [-0.15, -0.1) is 0 Å². The summed E-state index contributed by atoms with van der Waals surface area (Å²) in [5, 5.41) is 0. The number of hydrogen-bond donors (Lipinski definition) is 0. The maximum atomic E-state index is 12.7. The van der Waals surface area contributed by atoms with E-state index in [9.17, 15) is 4.39 Å². The fourth-order valence-electron chi connectivity index (χ4n) is 0.983. The minimum Gasteiger partial charge on any atom is -0.207 e. The summed E-state index contributed by atoms with van der Waals surface area (Å²) in [6.45, 7) is 7.48. The summed E-state index contributed by atoms with van der Waals surface area (Å²) in [5.41, 5.74) is 2.71. The highest BCUT2D eigenvalue weighted by atomic mass is 19.1. The van der Waals surface area contributed by atoms with Gasteiger partial charge in [0.15, 0.2) is 0 Å². The van der Waals surface area contributed by atoms with Gasteiger partial charge in [0.25, 0.3) is 0 Å². The minimum atomic E-state index is -0.192. The number of halogens is 1. The molecular weight excluding hydrogens is 139 g/mol. The lowest BCUT2D eigenvalue weighted by molar-refractivity contribution is 0.626. The van der Waals surface area contributed by atoms with Crippen LogP contribution >= 0.6 is 0 Å². The molecule has 0 aliphatic carbocycles. The van der Waals surface area contributed by atoms with E-state index in [-0.39, 0.29) is 5.82 Å². The number of allylic oxidation sites excluding steroid dienone is 1. The summed E-state index contributed by atoms with van der Waals surface area (Å²) in [5.74, 6) is -0.192. The average molecular weight is 150 g/mol. The molecule has 1 aromatic carbocycles. The van der Waals surface area contributed by atoms with Crippen molar-refractivity contribution in [2.75, 3.05) is 0 Å². The van der Waals surface area contributed by atoms with Crippen LogP contribution in [0.4, 0.5) is 4.39 Å². The molecule has 0 spiro atoms. The highest BCUT2D eigenvalue weighted by Crippen LogP contribution is 2.14. The topological polar surface area (TPSA) is 0 Å². The first kappa shape index (κ1) is 7.99. The Balaban J connectivity index is 3.19. The van der Waals surface area contributed by atoms with Crippen molar-refractivity contribution in [2.45, 2.75) is 13.8 Å². The second-order valence-electron chi connectivity index (χ2n) is 2.80. The second kappa shape index (κ2) is 2.87. The fraction of sp³-hybridized carbons (Fsp3) is 0.200. The van der Waals surface area contributed by atoms with Crippen molar-refractivity contribution >= 4 is 5.57 Å². The Hall–Kier alpha value is -1.11. The smallest absolute Gasteiger partial charge is 0.124 e. The Kier molecular flexibility index (Phi) is 2.08. The van der Waals surface area contributed by atoms with Crippen molar-refractivity contribution in [3.05, 3.63) is 41.7 Å². The van der Waals surface area contributed by atoms with E-state index in [1.807, 2.05) is 19.9 Å². The van der Waals surface area contributed by atoms with Crippen molar-refractivity contribution in [1.29, 1.82) is 0 Å². The third-order valence-corrected chi connectivity index (χ3v) is 1.53. The molecule has 0 atom stereocenters. The van der Waals surface area contributed by atoms with Crippen molar-refractivity contribution in [3.8, 4) is 0 Å². The van der Waals surface area contributed by atoms with Crippen LogP contribution in [-0.4, -0.2) is 0 Å². The predicted octanol–water partition coefficient (Wildman–Crippen LogP) is 3.17. The van der Waals surface area contributed by atoms with Gasteiger partial charge in [-0.05, 0) is 37.1 Å². The molecule has 0 nitrogen and oxygen atoms in total. The predicted molar refractivity (Wildman–Crippen MR) is 45.8 cm³/mol. The molecule has 0 amide bonds. The zero-order valence-corrected chi connectivity index (χ0v) is 6.82. The average Bonchev–Trinajstić information content (AvgIpc) is 1.85. The largest absolute Gasteiger partial charge is 0.207 e. The number of aryl methyl sites for hydroxylation is 1. The zero-order chi connectivity index (χ0) is 8.43. The highest BCUT2D eigenvalue weighted by Gasteiger charge is 1.97. The monoisotopic (exact) mass is 150 g/mol.